The molecule has 0 rings (SSSR count). The summed E-state index contributed by atoms with van der Waals surface area (Å²) in [5.74, 6) is -0.833. The smallest absolute Gasteiger partial charge is 0.178 e. The number of hydrogen-bond donors (Lipinski definition) is 1. The van der Waals surface area contributed by atoms with Gasteiger partial charge in [0.25, 0.3) is 0 Å². The maximum atomic E-state index is 10.6. The molecular weight excluding hydrogens is 117 g/mol. The Balaban J connectivity index is 0. The van der Waals surface area contributed by atoms with E-state index in [-0.39, 0.29) is 0 Å². The highest BCUT2D eigenvalue weighted by molar-refractivity contribution is 5.67. The Labute approximate surface area is 55.4 Å². The summed E-state index contributed by atoms with van der Waals surface area (Å²) in [4.78, 5) is 0. The van der Waals surface area contributed by atoms with Crippen molar-refractivity contribution in [3.63, 3.8) is 0 Å². The summed E-state index contributed by atoms with van der Waals surface area (Å²) in [5.41, 5.74) is 0. The minimum Gasteiger partial charge on any atom is -0.278 e. The number of nitrogens with one attached hydrogen (secondary N) is 1. The van der Waals surface area contributed by atoms with E-state index in [1.165, 1.54) is 0 Å². The number of rotatable bonds is 1. The average Bonchev–Trinajstić information content (AvgIpc) is 1.66. The third kappa shape index (κ3) is 157. The van der Waals surface area contributed by atoms with Gasteiger partial charge >= 0.3 is 0 Å². The largest absolute Gasteiger partial charge is 0.278 e. The van der Waals surface area contributed by atoms with Gasteiger partial charge in [0, 0.05) is 6.92 Å². The Morgan fingerprint density at radius 1 is 1.67 bits per heavy atom. The highest BCUT2D eigenvalue weighted by Crippen LogP contribution is 1.64. The van der Waals surface area contributed by atoms with Gasteiger partial charge in [-0.3, -0.25) is 5.41 Å². The number of hydrogen-bond acceptors (Lipinski definition) is 1. The molecule has 0 spiro atoms. The second-order valence-corrected chi connectivity index (χ2v) is 1.29. The first kappa shape index (κ1) is 11.0. The van der Waals surface area contributed by atoms with Gasteiger partial charge < -0.3 is 0 Å². The molecule has 1 nitrogen and oxygen atoms in total. The van der Waals surface area contributed by atoms with Crippen LogP contribution in [0.15, 0.2) is 24.8 Å². The first-order chi connectivity index (χ1) is 4.15. The standard InChI is InChI=1S/C5H8.C2H4FN/c1-3-5-4-2;1-2(3)4/h3-5H,1H2,2H3;4H,1H3/b5-4+;. The van der Waals surface area contributed by atoms with Crippen molar-refractivity contribution in [1.82, 2.24) is 0 Å². The topological polar surface area (TPSA) is 23.9 Å². The Kier molecular flexibility index (Phi) is 12.3. The van der Waals surface area contributed by atoms with E-state index in [1.807, 2.05) is 19.1 Å². The van der Waals surface area contributed by atoms with Crippen LogP contribution in [0.3, 0.4) is 0 Å². The summed E-state index contributed by atoms with van der Waals surface area (Å²) < 4.78 is 10.6. The molecule has 52 valence electrons. The normalized spacial score (nSPS) is 7.89. The molecule has 0 aliphatic heterocycles. The Hall–Kier alpha value is -0.920. The molecule has 0 fully saturated rings. The Bertz CT molecular complexity index is 101. The van der Waals surface area contributed by atoms with E-state index < -0.39 is 5.97 Å². The first-order valence-corrected chi connectivity index (χ1v) is 2.59. The quantitative estimate of drug-likeness (QED) is 0.415. The zero-order valence-electron chi connectivity index (χ0n) is 5.82. The highest BCUT2D eigenvalue weighted by Gasteiger charge is 1.62. The molecule has 2 heteroatoms. The van der Waals surface area contributed by atoms with Crippen LogP contribution in [0.2, 0.25) is 0 Å². The van der Waals surface area contributed by atoms with Crippen LogP contribution < -0.4 is 0 Å². The predicted molar refractivity (Wildman–Crippen MR) is 39.5 cm³/mol. The fourth-order valence-electron chi connectivity index (χ4n) is 0.136. The first-order valence-electron chi connectivity index (χ1n) is 2.59. The van der Waals surface area contributed by atoms with Gasteiger partial charge in [-0.05, 0) is 6.92 Å². The average molecular weight is 129 g/mol. The minimum atomic E-state index is -0.833. The van der Waals surface area contributed by atoms with E-state index >= 15 is 0 Å². The lowest BCUT2D eigenvalue weighted by Gasteiger charge is -1.57. The molecule has 0 aromatic heterocycles. The molecule has 0 heterocycles. The van der Waals surface area contributed by atoms with E-state index in [9.17, 15) is 4.39 Å². The second-order valence-electron chi connectivity index (χ2n) is 1.29. The van der Waals surface area contributed by atoms with Crippen LogP contribution >= 0.6 is 0 Å². The molecule has 0 atom stereocenters. The Morgan fingerprint density at radius 2 is 2.00 bits per heavy atom. The molecule has 0 radical (unpaired) electrons. The third-order valence-electron chi connectivity index (χ3n) is 0.329. The van der Waals surface area contributed by atoms with Crippen molar-refractivity contribution in [2.75, 3.05) is 0 Å². The summed E-state index contributed by atoms with van der Waals surface area (Å²) >= 11 is 0. The lowest BCUT2D eigenvalue weighted by atomic mass is 10.5. The fraction of sp³-hybridized carbons (Fsp3) is 0.286. The van der Waals surface area contributed by atoms with Crippen molar-refractivity contribution < 1.29 is 4.39 Å². The van der Waals surface area contributed by atoms with Crippen molar-refractivity contribution >= 4 is 5.97 Å². The molecule has 9 heavy (non-hydrogen) atoms. The van der Waals surface area contributed by atoms with Crippen LogP contribution in [0.4, 0.5) is 4.39 Å². The monoisotopic (exact) mass is 129 g/mol. The van der Waals surface area contributed by atoms with Crippen LogP contribution in [0, 0.1) is 5.41 Å². The maximum Gasteiger partial charge on any atom is 0.178 e. The Morgan fingerprint density at radius 3 is 2.00 bits per heavy atom. The van der Waals surface area contributed by atoms with E-state index in [1.54, 1.807) is 6.08 Å². The molecule has 0 saturated heterocycles. The van der Waals surface area contributed by atoms with E-state index in [2.05, 4.69) is 6.58 Å². The molecule has 0 saturated carbocycles. The van der Waals surface area contributed by atoms with Crippen LogP contribution in [0.1, 0.15) is 13.8 Å². The summed E-state index contributed by atoms with van der Waals surface area (Å²) in [5, 5.41) is 5.83. The van der Waals surface area contributed by atoms with Gasteiger partial charge in [-0.1, -0.05) is 24.8 Å². The van der Waals surface area contributed by atoms with Crippen molar-refractivity contribution in [1.29, 1.82) is 5.41 Å². The molecule has 0 aromatic rings. The number of allylic oxidation sites excluding steroid dienone is 3. The van der Waals surface area contributed by atoms with E-state index in [0.717, 1.165) is 6.92 Å². The lowest BCUT2D eigenvalue weighted by Crippen LogP contribution is -1.62. The molecule has 0 unspecified atom stereocenters. The van der Waals surface area contributed by atoms with Gasteiger partial charge in [-0.25, -0.2) is 0 Å². The second kappa shape index (κ2) is 10.1. The van der Waals surface area contributed by atoms with Crippen LogP contribution in [0.5, 0.6) is 0 Å². The van der Waals surface area contributed by atoms with E-state index in [4.69, 9.17) is 5.41 Å². The molecule has 0 aromatic carbocycles. The predicted octanol–water partition coefficient (Wildman–Crippen LogP) is 2.70. The summed E-state index contributed by atoms with van der Waals surface area (Å²) in [7, 11) is 0. The SMILES string of the molecule is C=C/C=C/C.CC(=N)F. The van der Waals surface area contributed by atoms with Gasteiger partial charge in [0.15, 0.2) is 5.97 Å². The molecule has 0 amide bonds. The van der Waals surface area contributed by atoms with Crippen LogP contribution in [-0.4, -0.2) is 5.97 Å². The number of halogens is 1. The summed E-state index contributed by atoms with van der Waals surface area (Å²) in [6.07, 6.45) is 5.58. The molecule has 0 aliphatic rings. The van der Waals surface area contributed by atoms with Gasteiger partial charge in [-0.15, -0.1) is 0 Å². The van der Waals surface area contributed by atoms with Crippen molar-refractivity contribution in [2.45, 2.75) is 13.8 Å². The molecule has 0 aliphatic carbocycles. The molecular formula is C7H12FN. The van der Waals surface area contributed by atoms with E-state index in [0.29, 0.717) is 0 Å². The van der Waals surface area contributed by atoms with Gasteiger partial charge in [0.2, 0.25) is 0 Å². The lowest BCUT2D eigenvalue weighted by molar-refractivity contribution is 0.788. The maximum absolute atomic E-state index is 10.6. The van der Waals surface area contributed by atoms with Crippen molar-refractivity contribution in [2.24, 2.45) is 0 Å². The van der Waals surface area contributed by atoms with Crippen molar-refractivity contribution in [3.8, 4) is 0 Å². The van der Waals surface area contributed by atoms with Crippen LogP contribution in [0.25, 0.3) is 0 Å². The van der Waals surface area contributed by atoms with Gasteiger partial charge in [0.1, 0.15) is 0 Å². The summed E-state index contributed by atoms with van der Waals surface area (Å²) in [6, 6.07) is 0. The zero-order chi connectivity index (χ0) is 7.70. The van der Waals surface area contributed by atoms with Crippen molar-refractivity contribution in [3.05, 3.63) is 24.8 Å². The summed E-state index contributed by atoms with van der Waals surface area (Å²) in [6.45, 7) is 6.51. The van der Waals surface area contributed by atoms with Gasteiger partial charge in [0.05, 0.1) is 0 Å². The highest BCUT2D eigenvalue weighted by atomic mass is 19.1. The molecule has 1 N–H and O–H groups in total. The zero-order valence-corrected chi connectivity index (χ0v) is 5.82. The van der Waals surface area contributed by atoms with Crippen LogP contribution in [-0.2, 0) is 0 Å². The van der Waals surface area contributed by atoms with Gasteiger partial charge in [-0.2, -0.15) is 4.39 Å². The minimum absolute atomic E-state index is 0.833. The third-order valence-corrected chi connectivity index (χ3v) is 0.329. The fourth-order valence-corrected chi connectivity index (χ4v) is 0.136. The molecule has 0 bridgehead atoms.